The van der Waals surface area contributed by atoms with Crippen LogP contribution in [0, 0.1) is 5.82 Å². The molecule has 0 heterocycles. The van der Waals surface area contributed by atoms with Crippen molar-refractivity contribution in [2.45, 2.75) is 37.8 Å². The molecule has 7 heteroatoms. The number of carbonyl (C=O) groups is 1. The fraction of sp³-hybridized carbons (Fsp3) is 0.192. The predicted molar refractivity (Wildman–Crippen MR) is 126 cm³/mol. The van der Waals surface area contributed by atoms with E-state index in [9.17, 15) is 17.6 Å². The molecule has 0 aliphatic carbocycles. The van der Waals surface area contributed by atoms with Crippen LogP contribution in [0.15, 0.2) is 89.8 Å². The minimum atomic E-state index is -4.11. The minimum absolute atomic E-state index is 0.0227. The first-order chi connectivity index (χ1) is 15.8. The summed E-state index contributed by atoms with van der Waals surface area (Å²) in [7, 11) is -4.11. The van der Waals surface area contributed by atoms with Crippen molar-refractivity contribution in [2.24, 2.45) is 0 Å². The van der Waals surface area contributed by atoms with Gasteiger partial charge in [0.2, 0.25) is 5.91 Å². The van der Waals surface area contributed by atoms with E-state index in [1.165, 1.54) is 6.07 Å². The molecule has 0 fully saturated rings. The lowest BCUT2D eigenvalue weighted by molar-refractivity contribution is -0.128. The van der Waals surface area contributed by atoms with Crippen molar-refractivity contribution in [2.75, 3.05) is 0 Å². The Bertz CT molecular complexity index is 1210. The summed E-state index contributed by atoms with van der Waals surface area (Å²) in [5.41, 5.74) is 1.65. The molecule has 0 saturated heterocycles. The Kier molecular flexibility index (Phi) is 8.01. The van der Waals surface area contributed by atoms with E-state index >= 15 is 0 Å². The average Bonchev–Trinajstić information content (AvgIpc) is 2.81. The number of carbonyl (C=O) groups excluding carboxylic acids is 1. The van der Waals surface area contributed by atoms with Crippen LogP contribution >= 0.6 is 0 Å². The standard InChI is InChI=1S/C26H26FNO4S/c1-3-20(2)28(26(29)17-12-21-8-5-4-6-9-21)19-22-10-7-11-24(18-22)32-33(30,31)25-15-13-23(27)14-16-25/h4-18,20H,3,19H2,1-2H3. The highest BCUT2D eigenvalue weighted by Crippen LogP contribution is 2.22. The normalized spacial score (nSPS) is 12.5. The molecule has 0 radical (unpaired) electrons. The first kappa shape index (κ1) is 24.2. The van der Waals surface area contributed by atoms with Crippen molar-refractivity contribution in [3.8, 4) is 5.75 Å². The monoisotopic (exact) mass is 467 g/mol. The molecule has 0 saturated carbocycles. The van der Waals surface area contributed by atoms with Crippen molar-refractivity contribution >= 4 is 22.1 Å². The molecule has 3 aromatic carbocycles. The summed E-state index contributed by atoms with van der Waals surface area (Å²) < 4.78 is 43.4. The topological polar surface area (TPSA) is 63.7 Å². The van der Waals surface area contributed by atoms with Crippen molar-refractivity contribution in [3.63, 3.8) is 0 Å². The third-order valence-electron chi connectivity index (χ3n) is 5.18. The maximum atomic E-state index is 13.1. The van der Waals surface area contributed by atoms with Gasteiger partial charge in [-0.3, -0.25) is 4.79 Å². The average molecular weight is 468 g/mol. The highest BCUT2D eigenvalue weighted by Gasteiger charge is 2.19. The molecule has 5 nitrogen and oxygen atoms in total. The molecule has 0 aliphatic rings. The summed E-state index contributed by atoms with van der Waals surface area (Å²) in [6.45, 7) is 4.26. The van der Waals surface area contributed by atoms with E-state index in [1.807, 2.05) is 44.2 Å². The second kappa shape index (κ2) is 10.9. The van der Waals surface area contributed by atoms with Crippen LogP contribution in [0.2, 0.25) is 0 Å². The summed E-state index contributed by atoms with van der Waals surface area (Å²) in [5.74, 6) is -0.557. The maximum absolute atomic E-state index is 13.1. The Morgan fingerprint density at radius 3 is 2.39 bits per heavy atom. The molecule has 0 spiro atoms. The number of rotatable bonds is 9. The van der Waals surface area contributed by atoms with Gasteiger partial charge < -0.3 is 9.08 Å². The Balaban J connectivity index is 1.77. The second-order valence-electron chi connectivity index (χ2n) is 7.61. The van der Waals surface area contributed by atoms with Crippen molar-refractivity contribution in [1.82, 2.24) is 4.90 Å². The van der Waals surface area contributed by atoms with Crippen LogP contribution in [0.3, 0.4) is 0 Å². The van der Waals surface area contributed by atoms with Gasteiger partial charge in [-0.05, 0) is 66.9 Å². The highest BCUT2D eigenvalue weighted by atomic mass is 32.2. The molecule has 0 N–H and O–H groups in total. The van der Waals surface area contributed by atoms with E-state index in [0.29, 0.717) is 6.54 Å². The van der Waals surface area contributed by atoms with E-state index in [4.69, 9.17) is 4.18 Å². The van der Waals surface area contributed by atoms with Gasteiger partial charge in [-0.2, -0.15) is 8.42 Å². The lowest BCUT2D eigenvalue weighted by Crippen LogP contribution is -2.36. The van der Waals surface area contributed by atoms with Crippen LogP contribution in [0.25, 0.3) is 6.08 Å². The van der Waals surface area contributed by atoms with Crippen molar-refractivity contribution < 1.29 is 21.8 Å². The molecule has 1 atom stereocenters. The molecule has 3 rings (SSSR count). The largest absolute Gasteiger partial charge is 0.379 e. The first-order valence-electron chi connectivity index (χ1n) is 10.6. The SMILES string of the molecule is CCC(C)N(Cc1cccc(OS(=O)(=O)c2ccc(F)cc2)c1)C(=O)C=Cc1ccccc1. The summed E-state index contributed by atoms with van der Waals surface area (Å²) >= 11 is 0. The van der Waals surface area contributed by atoms with Crippen molar-refractivity contribution in [3.05, 3.63) is 102 Å². The van der Waals surface area contributed by atoms with Gasteiger partial charge in [0, 0.05) is 18.7 Å². The van der Waals surface area contributed by atoms with Crippen LogP contribution in [0.1, 0.15) is 31.4 Å². The van der Waals surface area contributed by atoms with Crippen LogP contribution in [0.5, 0.6) is 5.75 Å². The summed E-state index contributed by atoms with van der Waals surface area (Å²) in [6, 6.07) is 20.5. The smallest absolute Gasteiger partial charge is 0.339 e. The van der Waals surface area contributed by atoms with E-state index in [-0.39, 0.29) is 22.6 Å². The second-order valence-corrected chi connectivity index (χ2v) is 9.15. The summed E-state index contributed by atoms with van der Waals surface area (Å²) in [5, 5.41) is 0. The van der Waals surface area contributed by atoms with Crippen molar-refractivity contribution in [1.29, 1.82) is 0 Å². The molecular formula is C26H26FNO4S. The molecule has 0 bridgehead atoms. The third-order valence-corrected chi connectivity index (χ3v) is 6.44. The maximum Gasteiger partial charge on any atom is 0.339 e. The molecule has 0 aromatic heterocycles. The van der Waals surface area contributed by atoms with Gasteiger partial charge in [0.05, 0.1) is 0 Å². The Hall–Kier alpha value is -3.45. The first-order valence-corrected chi connectivity index (χ1v) is 12.0. The number of amides is 1. The zero-order chi connectivity index (χ0) is 23.8. The van der Waals surface area contributed by atoms with Gasteiger partial charge in [-0.15, -0.1) is 0 Å². The Morgan fingerprint density at radius 2 is 1.73 bits per heavy atom. The lowest BCUT2D eigenvalue weighted by Gasteiger charge is -2.28. The van der Waals surface area contributed by atoms with Gasteiger partial charge in [0.25, 0.3) is 0 Å². The van der Waals surface area contributed by atoms with Gasteiger partial charge in [0.1, 0.15) is 16.5 Å². The number of halogens is 1. The van der Waals surface area contributed by atoms with E-state index in [1.54, 1.807) is 35.3 Å². The predicted octanol–water partition coefficient (Wildman–Crippen LogP) is 5.43. The number of hydrogen-bond acceptors (Lipinski definition) is 4. The van der Waals surface area contributed by atoms with E-state index in [0.717, 1.165) is 41.8 Å². The summed E-state index contributed by atoms with van der Waals surface area (Å²) in [6.07, 6.45) is 4.08. The molecule has 1 amide bonds. The number of nitrogens with zero attached hydrogens (tertiary/aromatic N) is 1. The fourth-order valence-electron chi connectivity index (χ4n) is 3.17. The highest BCUT2D eigenvalue weighted by molar-refractivity contribution is 7.87. The van der Waals surface area contributed by atoms with Gasteiger partial charge >= 0.3 is 10.1 Å². The molecule has 33 heavy (non-hydrogen) atoms. The van der Waals surface area contributed by atoms with Gasteiger partial charge in [-0.25, -0.2) is 4.39 Å². The zero-order valence-electron chi connectivity index (χ0n) is 18.5. The number of hydrogen-bond donors (Lipinski definition) is 0. The molecule has 3 aromatic rings. The number of benzene rings is 3. The minimum Gasteiger partial charge on any atom is -0.379 e. The zero-order valence-corrected chi connectivity index (χ0v) is 19.3. The van der Waals surface area contributed by atoms with Crippen LogP contribution in [-0.4, -0.2) is 25.3 Å². The Labute approximate surface area is 194 Å². The quantitative estimate of drug-likeness (QED) is 0.311. The fourth-order valence-corrected chi connectivity index (χ4v) is 4.09. The van der Waals surface area contributed by atoms with Crippen LogP contribution in [-0.2, 0) is 21.5 Å². The molecular weight excluding hydrogens is 441 g/mol. The van der Waals surface area contributed by atoms with Crippen LogP contribution in [0.4, 0.5) is 4.39 Å². The van der Waals surface area contributed by atoms with Gasteiger partial charge in [-0.1, -0.05) is 49.4 Å². The lowest BCUT2D eigenvalue weighted by atomic mass is 10.1. The van der Waals surface area contributed by atoms with Gasteiger partial charge in [0.15, 0.2) is 0 Å². The molecule has 0 aliphatic heterocycles. The Morgan fingerprint density at radius 1 is 1.03 bits per heavy atom. The summed E-state index contributed by atoms with van der Waals surface area (Å²) in [4.78, 5) is 14.5. The third kappa shape index (κ3) is 6.76. The van der Waals surface area contributed by atoms with E-state index < -0.39 is 15.9 Å². The van der Waals surface area contributed by atoms with Crippen LogP contribution < -0.4 is 4.18 Å². The molecule has 172 valence electrons. The van der Waals surface area contributed by atoms with E-state index in [2.05, 4.69) is 0 Å². The molecule has 1 unspecified atom stereocenters.